The van der Waals surface area contributed by atoms with Gasteiger partial charge in [-0.05, 0) is 6.42 Å². The molecule has 0 aliphatic carbocycles. The summed E-state index contributed by atoms with van der Waals surface area (Å²) in [6.07, 6.45) is 0.893. The van der Waals surface area contributed by atoms with Crippen molar-refractivity contribution in [3.8, 4) is 0 Å². The number of carbonyl (C=O) groups is 3. The molecule has 18 heavy (non-hydrogen) atoms. The Morgan fingerprint density at radius 1 is 1.61 bits per heavy atom. The average molecular weight is 257 g/mol. The first-order valence-corrected chi connectivity index (χ1v) is 6.03. The zero-order chi connectivity index (χ0) is 13.7. The third-order valence-corrected chi connectivity index (χ3v) is 2.90. The number of nitrogens with one attached hydrogen (secondary N) is 1. The Morgan fingerprint density at radius 3 is 2.83 bits per heavy atom. The summed E-state index contributed by atoms with van der Waals surface area (Å²) >= 11 is 0. The second-order valence-electron chi connectivity index (χ2n) is 4.33. The minimum atomic E-state index is -1.11. The number of nitrogens with zero attached hydrogens (tertiary/aromatic N) is 1. The fraction of sp³-hybridized carbons (Fsp3) is 0.727. The van der Waals surface area contributed by atoms with Gasteiger partial charge < -0.3 is 21.1 Å². The van der Waals surface area contributed by atoms with Gasteiger partial charge in [0.25, 0.3) is 0 Å². The minimum absolute atomic E-state index is 0.305. The van der Waals surface area contributed by atoms with E-state index in [9.17, 15) is 14.4 Å². The third-order valence-electron chi connectivity index (χ3n) is 2.90. The topological polar surface area (TPSA) is 113 Å². The molecule has 1 fully saturated rings. The van der Waals surface area contributed by atoms with Crippen LogP contribution in [0.4, 0.5) is 0 Å². The highest BCUT2D eigenvalue weighted by Crippen LogP contribution is 2.12. The van der Waals surface area contributed by atoms with Gasteiger partial charge in [0.2, 0.25) is 11.8 Å². The van der Waals surface area contributed by atoms with Crippen molar-refractivity contribution in [2.45, 2.75) is 38.3 Å². The van der Waals surface area contributed by atoms with Crippen molar-refractivity contribution in [1.29, 1.82) is 0 Å². The first kappa shape index (κ1) is 14.4. The molecule has 7 nitrogen and oxygen atoms in total. The van der Waals surface area contributed by atoms with Gasteiger partial charge in [-0.1, -0.05) is 13.3 Å². The predicted molar refractivity (Wildman–Crippen MR) is 63.6 cm³/mol. The zero-order valence-corrected chi connectivity index (χ0v) is 10.4. The maximum absolute atomic E-state index is 12.1. The quantitative estimate of drug-likeness (QED) is 0.579. The number of carboxylic acid groups (broad SMARTS) is 1. The smallest absolute Gasteiger partial charge is 0.305 e. The molecule has 0 aromatic rings. The molecule has 0 bridgehead atoms. The van der Waals surface area contributed by atoms with E-state index in [4.69, 9.17) is 10.8 Å². The molecule has 4 N–H and O–H groups in total. The molecular formula is C11H19N3O4. The van der Waals surface area contributed by atoms with Gasteiger partial charge in [-0.3, -0.25) is 14.4 Å². The maximum Gasteiger partial charge on any atom is 0.305 e. The van der Waals surface area contributed by atoms with Gasteiger partial charge >= 0.3 is 5.97 Å². The standard InChI is InChI=1S/C11H19N3O4/c1-2-3-7(12)11(18)14-5-4-13-10(17)8(14)6-9(15)16/h7-8H,2-6,12H2,1H3,(H,13,17)(H,15,16). The van der Waals surface area contributed by atoms with E-state index < -0.39 is 30.4 Å². The van der Waals surface area contributed by atoms with Crippen LogP contribution >= 0.6 is 0 Å². The molecule has 1 heterocycles. The van der Waals surface area contributed by atoms with Crippen LogP contribution in [0.15, 0.2) is 0 Å². The number of rotatable bonds is 5. The van der Waals surface area contributed by atoms with Gasteiger partial charge in [-0.15, -0.1) is 0 Å². The molecular weight excluding hydrogens is 238 g/mol. The van der Waals surface area contributed by atoms with E-state index in [2.05, 4.69) is 5.32 Å². The number of nitrogens with two attached hydrogens (primary N) is 1. The molecule has 2 amide bonds. The minimum Gasteiger partial charge on any atom is -0.481 e. The molecule has 7 heteroatoms. The number of aliphatic carboxylic acids is 1. The SMILES string of the molecule is CCCC(N)C(=O)N1CCNC(=O)C1CC(=O)O. The number of hydrogen-bond donors (Lipinski definition) is 3. The molecule has 0 aromatic carbocycles. The van der Waals surface area contributed by atoms with E-state index in [1.807, 2.05) is 6.92 Å². The zero-order valence-electron chi connectivity index (χ0n) is 10.4. The largest absolute Gasteiger partial charge is 0.481 e. The van der Waals surface area contributed by atoms with Crippen LogP contribution in [-0.2, 0) is 14.4 Å². The van der Waals surface area contributed by atoms with Crippen molar-refractivity contribution < 1.29 is 19.5 Å². The summed E-state index contributed by atoms with van der Waals surface area (Å²) in [5.74, 6) is -1.89. The van der Waals surface area contributed by atoms with Gasteiger partial charge in [0.05, 0.1) is 12.5 Å². The lowest BCUT2D eigenvalue weighted by molar-refractivity contribution is -0.149. The number of piperazine rings is 1. The highest BCUT2D eigenvalue weighted by atomic mass is 16.4. The normalized spacial score (nSPS) is 21.3. The third kappa shape index (κ3) is 3.43. The van der Waals surface area contributed by atoms with E-state index in [0.29, 0.717) is 19.5 Å². The van der Waals surface area contributed by atoms with Crippen molar-refractivity contribution in [2.24, 2.45) is 5.73 Å². The lowest BCUT2D eigenvalue weighted by Gasteiger charge is -2.35. The lowest BCUT2D eigenvalue weighted by atomic mass is 10.1. The predicted octanol–water partition coefficient (Wildman–Crippen LogP) is -1.08. The maximum atomic E-state index is 12.1. The van der Waals surface area contributed by atoms with Gasteiger partial charge in [0, 0.05) is 13.1 Å². The first-order valence-electron chi connectivity index (χ1n) is 6.03. The summed E-state index contributed by atoms with van der Waals surface area (Å²) in [6, 6.07) is -1.62. The molecule has 1 rings (SSSR count). The summed E-state index contributed by atoms with van der Waals surface area (Å²) in [5, 5.41) is 11.3. The van der Waals surface area contributed by atoms with E-state index in [1.165, 1.54) is 4.90 Å². The van der Waals surface area contributed by atoms with Crippen molar-refractivity contribution >= 4 is 17.8 Å². The average Bonchev–Trinajstić information content (AvgIpc) is 2.30. The molecule has 2 atom stereocenters. The summed E-state index contributed by atoms with van der Waals surface area (Å²) in [5.41, 5.74) is 5.73. The molecule has 0 aromatic heterocycles. The summed E-state index contributed by atoms with van der Waals surface area (Å²) in [7, 11) is 0. The van der Waals surface area contributed by atoms with Gasteiger partial charge in [0.15, 0.2) is 0 Å². The monoisotopic (exact) mass is 257 g/mol. The number of amides is 2. The Hall–Kier alpha value is -1.63. The van der Waals surface area contributed by atoms with Crippen molar-refractivity contribution in [1.82, 2.24) is 10.2 Å². The Kier molecular flexibility index (Phi) is 5.08. The fourth-order valence-electron chi connectivity index (χ4n) is 1.99. The molecule has 0 radical (unpaired) electrons. The summed E-state index contributed by atoms with van der Waals surface area (Å²) in [4.78, 5) is 35.7. The van der Waals surface area contributed by atoms with E-state index in [-0.39, 0.29) is 5.91 Å². The van der Waals surface area contributed by atoms with Crippen LogP contribution in [0.5, 0.6) is 0 Å². The van der Waals surface area contributed by atoms with E-state index >= 15 is 0 Å². The molecule has 0 spiro atoms. The van der Waals surface area contributed by atoms with Crippen LogP contribution in [0.3, 0.4) is 0 Å². The van der Waals surface area contributed by atoms with Crippen LogP contribution in [0.25, 0.3) is 0 Å². The van der Waals surface area contributed by atoms with Crippen LogP contribution in [-0.4, -0.2) is 53.0 Å². The van der Waals surface area contributed by atoms with Crippen LogP contribution in [0.2, 0.25) is 0 Å². The molecule has 1 aliphatic rings. The van der Waals surface area contributed by atoms with Gasteiger partial charge in [0.1, 0.15) is 6.04 Å². The molecule has 2 unspecified atom stereocenters. The fourth-order valence-corrected chi connectivity index (χ4v) is 1.99. The van der Waals surface area contributed by atoms with Crippen molar-refractivity contribution in [3.05, 3.63) is 0 Å². The molecule has 0 saturated carbocycles. The Balaban J connectivity index is 2.78. The second kappa shape index (κ2) is 6.34. The Bertz CT molecular complexity index is 345. The van der Waals surface area contributed by atoms with Crippen LogP contribution in [0.1, 0.15) is 26.2 Å². The summed E-state index contributed by atoms with van der Waals surface area (Å²) in [6.45, 7) is 2.55. The lowest BCUT2D eigenvalue weighted by Crippen LogP contribution is -2.60. The molecule has 1 aliphatic heterocycles. The number of carbonyl (C=O) groups excluding carboxylic acids is 2. The number of hydrogen-bond acceptors (Lipinski definition) is 4. The second-order valence-corrected chi connectivity index (χ2v) is 4.33. The number of carboxylic acids is 1. The van der Waals surface area contributed by atoms with Crippen LogP contribution < -0.4 is 11.1 Å². The van der Waals surface area contributed by atoms with Gasteiger partial charge in [-0.2, -0.15) is 0 Å². The van der Waals surface area contributed by atoms with Crippen LogP contribution in [0, 0.1) is 0 Å². The highest BCUT2D eigenvalue weighted by Gasteiger charge is 2.36. The summed E-state index contributed by atoms with van der Waals surface area (Å²) < 4.78 is 0. The highest BCUT2D eigenvalue weighted by molar-refractivity contribution is 5.93. The Labute approximate surface area is 105 Å². The van der Waals surface area contributed by atoms with Gasteiger partial charge in [-0.25, -0.2) is 0 Å². The Morgan fingerprint density at radius 2 is 2.28 bits per heavy atom. The molecule has 1 saturated heterocycles. The van der Waals surface area contributed by atoms with Crippen molar-refractivity contribution in [2.75, 3.05) is 13.1 Å². The first-order chi connectivity index (χ1) is 8.47. The van der Waals surface area contributed by atoms with E-state index in [0.717, 1.165) is 6.42 Å². The van der Waals surface area contributed by atoms with Crippen molar-refractivity contribution in [3.63, 3.8) is 0 Å². The van der Waals surface area contributed by atoms with E-state index in [1.54, 1.807) is 0 Å². The molecule has 102 valence electrons.